The van der Waals surface area contributed by atoms with Crippen molar-refractivity contribution in [2.75, 3.05) is 11.4 Å². The molecule has 7 heteroatoms. The zero-order valence-electron chi connectivity index (χ0n) is 15.2. The average Bonchev–Trinajstić information content (AvgIpc) is 2.68. The SMILES string of the molecule is CN(c1ccc(C(=O)NC2CCCCC2)c(Cl)c1)S(=O)(=O)c1ccccc1. The van der Waals surface area contributed by atoms with Gasteiger partial charge in [0.15, 0.2) is 0 Å². The second kappa shape index (κ2) is 8.31. The molecule has 1 aliphatic carbocycles. The summed E-state index contributed by atoms with van der Waals surface area (Å²) in [7, 11) is -2.22. The van der Waals surface area contributed by atoms with Gasteiger partial charge >= 0.3 is 0 Å². The first kappa shape index (κ1) is 19.7. The molecule has 3 rings (SSSR count). The molecule has 144 valence electrons. The number of carbonyl (C=O) groups is 1. The van der Waals surface area contributed by atoms with Gasteiger partial charge in [0.1, 0.15) is 0 Å². The Morgan fingerprint density at radius 2 is 1.74 bits per heavy atom. The molecule has 1 N–H and O–H groups in total. The van der Waals surface area contributed by atoms with Crippen molar-refractivity contribution in [2.45, 2.75) is 43.0 Å². The van der Waals surface area contributed by atoms with Crippen LogP contribution in [0.2, 0.25) is 5.02 Å². The molecule has 1 saturated carbocycles. The van der Waals surface area contributed by atoms with E-state index in [1.165, 1.54) is 19.5 Å². The van der Waals surface area contributed by atoms with E-state index in [2.05, 4.69) is 5.32 Å². The highest BCUT2D eigenvalue weighted by molar-refractivity contribution is 7.92. The molecule has 0 aromatic heterocycles. The van der Waals surface area contributed by atoms with E-state index in [4.69, 9.17) is 11.6 Å². The van der Waals surface area contributed by atoms with Crippen LogP contribution in [0.4, 0.5) is 5.69 Å². The first-order valence-electron chi connectivity index (χ1n) is 9.04. The zero-order chi connectivity index (χ0) is 19.4. The summed E-state index contributed by atoms with van der Waals surface area (Å²) in [5.74, 6) is -0.216. The maximum Gasteiger partial charge on any atom is 0.264 e. The van der Waals surface area contributed by atoms with Crippen molar-refractivity contribution in [3.05, 3.63) is 59.1 Å². The lowest BCUT2D eigenvalue weighted by Gasteiger charge is -2.23. The normalized spacial score (nSPS) is 15.3. The molecule has 27 heavy (non-hydrogen) atoms. The van der Waals surface area contributed by atoms with Crippen molar-refractivity contribution >= 4 is 33.2 Å². The maximum atomic E-state index is 12.7. The van der Waals surface area contributed by atoms with E-state index in [1.54, 1.807) is 42.5 Å². The van der Waals surface area contributed by atoms with Crippen LogP contribution >= 0.6 is 11.6 Å². The van der Waals surface area contributed by atoms with Crippen LogP contribution < -0.4 is 9.62 Å². The molecule has 1 amide bonds. The van der Waals surface area contributed by atoms with Gasteiger partial charge in [-0.3, -0.25) is 9.10 Å². The number of anilines is 1. The predicted octanol–water partition coefficient (Wildman–Crippen LogP) is 4.23. The molecule has 0 radical (unpaired) electrons. The molecular formula is C20H23ClN2O3S. The smallest absolute Gasteiger partial charge is 0.264 e. The van der Waals surface area contributed by atoms with Gasteiger partial charge in [-0.05, 0) is 43.2 Å². The lowest BCUT2D eigenvalue weighted by molar-refractivity contribution is 0.0928. The number of benzene rings is 2. The molecule has 1 fully saturated rings. The Balaban J connectivity index is 1.78. The second-order valence-corrected chi connectivity index (χ2v) is 9.13. The number of amides is 1. The van der Waals surface area contributed by atoms with E-state index < -0.39 is 10.0 Å². The molecule has 0 bridgehead atoms. The number of carbonyl (C=O) groups excluding carboxylic acids is 1. The molecule has 2 aromatic carbocycles. The molecule has 0 spiro atoms. The standard InChI is InChI=1S/C20H23ClN2O3S/c1-23(27(25,26)17-10-6-3-7-11-17)16-12-13-18(19(21)14-16)20(24)22-15-8-4-2-5-9-15/h3,6-7,10-15H,2,4-5,8-9H2,1H3,(H,22,24). The van der Waals surface area contributed by atoms with Crippen LogP contribution in [0.5, 0.6) is 0 Å². The first-order chi connectivity index (χ1) is 12.9. The molecule has 2 aromatic rings. The van der Waals surface area contributed by atoms with Crippen molar-refractivity contribution in [2.24, 2.45) is 0 Å². The molecule has 0 unspecified atom stereocenters. The number of nitrogens with one attached hydrogen (secondary N) is 1. The van der Waals surface area contributed by atoms with Gasteiger partial charge in [0.2, 0.25) is 0 Å². The summed E-state index contributed by atoms with van der Waals surface area (Å²) in [5.41, 5.74) is 0.759. The van der Waals surface area contributed by atoms with Crippen molar-refractivity contribution in [3.8, 4) is 0 Å². The number of nitrogens with zero attached hydrogens (tertiary/aromatic N) is 1. The van der Waals surface area contributed by atoms with Crippen LogP contribution in [0.1, 0.15) is 42.5 Å². The third kappa shape index (κ3) is 4.45. The Kier molecular flexibility index (Phi) is 6.07. The van der Waals surface area contributed by atoms with E-state index in [0.29, 0.717) is 11.3 Å². The van der Waals surface area contributed by atoms with E-state index in [1.807, 2.05) is 0 Å². The topological polar surface area (TPSA) is 66.5 Å². The summed E-state index contributed by atoms with van der Waals surface area (Å²) >= 11 is 6.30. The average molecular weight is 407 g/mol. The zero-order valence-corrected chi connectivity index (χ0v) is 16.8. The highest BCUT2D eigenvalue weighted by Crippen LogP contribution is 2.27. The number of sulfonamides is 1. The van der Waals surface area contributed by atoms with E-state index in [0.717, 1.165) is 30.0 Å². The fraction of sp³-hybridized carbons (Fsp3) is 0.350. The van der Waals surface area contributed by atoms with E-state index in [-0.39, 0.29) is 21.9 Å². The monoisotopic (exact) mass is 406 g/mol. The van der Waals surface area contributed by atoms with Crippen LogP contribution in [0.25, 0.3) is 0 Å². The quantitative estimate of drug-likeness (QED) is 0.808. The highest BCUT2D eigenvalue weighted by atomic mass is 35.5. The van der Waals surface area contributed by atoms with Crippen molar-refractivity contribution < 1.29 is 13.2 Å². The summed E-state index contributed by atoms with van der Waals surface area (Å²) < 4.78 is 26.6. The van der Waals surface area contributed by atoms with E-state index >= 15 is 0 Å². The number of halogens is 1. The highest BCUT2D eigenvalue weighted by Gasteiger charge is 2.23. The molecule has 0 aliphatic heterocycles. The van der Waals surface area contributed by atoms with Gasteiger partial charge < -0.3 is 5.32 Å². The fourth-order valence-corrected chi connectivity index (χ4v) is 4.75. The van der Waals surface area contributed by atoms with Gasteiger partial charge in [-0.15, -0.1) is 0 Å². The predicted molar refractivity (Wildman–Crippen MR) is 108 cm³/mol. The van der Waals surface area contributed by atoms with Gasteiger partial charge in [-0.25, -0.2) is 8.42 Å². The first-order valence-corrected chi connectivity index (χ1v) is 10.9. The van der Waals surface area contributed by atoms with Crippen LogP contribution in [0, 0.1) is 0 Å². The summed E-state index contributed by atoms with van der Waals surface area (Å²) in [5, 5.41) is 3.26. The third-order valence-corrected chi connectivity index (χ3v) is 7.02. The van der Waals surface area contributed by atoms with Crippen molar-refractivity contribution in [1.82, 2.24) is 5.32 Å². The Hall–Kier alpha value is -2.05. The maximum absolute atomic E-state index is 12.7. The Morgan fingerprint density at radius 1 is 1.07 bits per heavy atom. The van der Waals surface area contributed by atoms with Gasteiger partial charge in [0.05, 0.1) is 21.2 Å². The molecule has 5 nitrogen and oxygen atoms in total. The molecule has 0 atom stereocenters. The minimum Gasteiger partial charge on any atom is -0.349 e. The summed E-state index contributed by atoms with van der Waals surface area (Å²) in [6.07, 6.45) is 5.43. The Bertz CT molecular complexity index is 910. The minimum atomic E-state index is -3.69. The molecule has 1 aliphatic rings. The fourth-order valence-electron chi connectivity index (χ4n) is 3.28. The van der Waals surface area contributed by atoms with Crippen LogP contribution in [0.3, 0.4) is 0 Å². The molecule has 0 heterocycles. The van der Waals surface area contributed by atoms with Gasteiger partial charge in [-0.2, -0.15) is 0 Å². The summed E-state index contributed by atoms with van der Waals surface area (Å²) in [4.78, 5) is 12.7. The number of hydrogen-bond donors (Lipinski definition) is 1. The summed E-state index contributed by atoms with van der Waals surface area (Å²) in [6.45, 7) is 0. The van der Waals surface area contributed by atoms with Crippen LogP contribution in [0.15, 0.2) is 53.4 Å². The van der Waals surface area contributed by atoms with Gasteiger partial charge in [0.25, 0.3) is 15.9 Å². The van der Waals surface area contributed by atoms with Crippen LogP contribution in [-0.2, 0) is 10.0 Å². The molecule has 0 saturated heterocycles. The van der Waals surface area contributed by atoms with Gasteiger partial charge in [-0.1, -0.05) is 49.1 Å². The Morgan fingerprint density at radius 3 is 2.37 bits per heavy atom. The number of rotatable bonds is 5. The van der Waals surface area contributed by atoms with Crippen molar-refractivity contribution in [1.29, 1.82) is 0 Å². The lowest BCUT2D eigenvalue weighted by atomic mass is 9.95. The lowest BCUT2D eigenvalue weighted by Crippen LogP contribution is -2.36. The second-order valence-electron chi connectivity index (χ2n) is 6.76. The number of hydrogen-bond acceptors (Lipinski definition) is 3. The molecular weight excluding hydrogens is 384 g/mol. The van der Waals surface area contributed by atoms with Gasteiger partial charge in [0, 0.05) is 13.1 Å². The Labute approximate surface area is 165 Å². The minimum absolute atomic E-state index is 0.183. The van der Waals surface area contributed by atoms with Crippen molar-refractivity contribution in [3.63, 3.8) is 0 Å². The summed E-state index contributed by atoms with van der Waals surface area (Å²) in [6, 6.07) is 13.1. The largest absolute Gasteiger partial charge is 0.349 e. The van der Waals surface area contributed by atoms with E-state index in [9.17, 15) is 13.2 Å². The van der Waals surface area contributed by atoms with Crippen LogP contribution in [-0.4, -0.2) is 27.4 Å². The third-order valence-electron chi connectivity index (χ3n) is 4.90.